The van der Waals surface area contributed by atoms with Gasteiger partial charge in [-0.1, -0.05) is 6.07 Å². The Labute approximate surface area is 255 Å². The van der Waals surface area contributed by atoms with Crippen LogP contribution < -0.4 is 18.9 Å². The van der Waals surface area contributed by atoms with Crippen LogP contribution in [-0.4, -0.2) is 45.2 Å². The molecule has 0 radical (unpaired) electrons. The zero-order valence-corrected chi connectivity index (χ0v) is 26.2. The molecule has 0 saturated heterocycles. The molecule has 1 atom stereocenters. The van der Waals surface area contributed by atoms with E-state index in [2.05, 4.69) is 8.75 Å². The fraction of sp³-hybridized carbons (Fsp3) is 0.364. The first-order valence-electron chi connectivity index (χ1n) is 14.2. The predicted molar refractivity (Wildman–Crippen MR) is 165 cm³/mol. The second kappa shape index (κ2) is 12.2. The van der Waals surface area contributed by atoms with Crippen molar-refractivity contribution in [2.24, 2.45) is 0 Å². The van der Waals surface area contributed by atoms with Gasteiger partial charge in [0.2, 0.25) is 5.75 Å². The highest BCUT2D eigenvalue weighted by molar-refractivity contribution is 7.00. The summed E-state index contributed by atoms with van der Waals surface area (Å²) in [5.74, 6) is -0.567. The van der Waals surface area contributed by atoms with E-state index < -0.39 is 11.8 Å². The molecule has 0 amide bonds. The number of aromatic nitrogens is 2. The van der Waals surface area contributed by atoms with Gasteiger partial charge in [-0.05, 0) is 101 Å². The van der Waals surface area contributed by atoms with Crippen molar-refractivity contribution in [3.8, 4) is 23.0 Å². The molecule has 226 valence electrons. The number of aliphatic hydroxyl groups is 1. The number of ether oxygens (including phenoxy) is 5. The largest absolute Gasteiger partial charge is 0.497 e. The number of hydrogen-bond donors (Lipinski definition) is 1. The van der Waals surface area contributed by atoms with Crippen molar-refractivity contribution < 1.29 is 33.6 Å². The summed E-state index contributed by atoms with van der Waals surface area (Å²) in [6, 6.07) is 15.9. The lowest BCUT2D eigenvalue weighted by Gasteiger charge is -2.27. The molecule has 5 rings (SSSR count). The number of carbonyl (C=O) groups is 1. The fourth-order valence-electron chi connectivity index (χ4n) is 5.00. The van der Waals surface area contributed by atoms with Crippen molar-refractivity contribution in [1.82, 2.24) is 8.75 Å². The molecule has 1 N–H and O–H groups in total. The molecule has 43 heavy (non-hydrogen) atoms. The maximum absolute atomic E-state index is 13.6. The summed E-state index contributed by atoms with van der Waals surface area (Å²) < 4.78 is 38.3. The van der Waals surface area contributed by atoms with Crippen molar-refractivity contribution in [3.63, 3.8) is 0 Å². The average Bonchev–Trinajstić information content (AvgIpc) is 3.51. The Balaban J connectivity index is 1.71. The molecule has 2 heterocycles. The Hall–Kier alpha value is -4.15. The molecular weight excluding hydrogens is 568 g/mol. The quantitative estimate of drug-likeness (QED) is 0.193. The van der Waals surface area contributed by atoms with E-state index >= 15 is 0 Å². The number of methoxy groups -OCH3 is 1. The Kier molecular flexibility index (Phi) is 8.62. The molecule has 9 nitrogen and oxygen atoms in total. The Morgan fingerprint density at radius 2 is 1.44 bits per heavy atom. The molecule has 1 unspecified atom stereocenters. The number of rotatable bonds is 11. The summed E-state index contributed by atoms with van der Waals surface area (Å²) >= 11 is 1.09. The smallest absolute Gasteiger partial charge is 0.342 e. The van der Waals surface area contributed by atoms with Crippen LogP contribution in [0.2, 0.25) is 0 Å². The maximum Gasteiger partial charge on any atom is 0.342 e. The first-order chi connectivity index (χ1) is 20.5. The van der Waals surface area contributed by atoms with Gasteiger partial charge in [0.25, 0.3) is 5.79 Å². The van der Waals surface area contributed by atoms with Crippen LogP contribution in [-0.2, 0) is 21.7 Å². The summed E-state index contributed by atoms with van der Waals surface area (Å²) in [6.45, 7) is 11.6. The van der Waals surface area contributed by atoms with Crippen LogP contribution in [0.5, 0.6) is 23.0 Å². The summed E-state index contributed by atoms with van der Waals surface area (Å²) in [5.41, 5.74) is 3.69. The lowest BCUT2D eigenvalue weighted by atomic mass is 9.87. The maximum atomic E-state index is 13.6. The van der Waals surface area contributed by atoms with Crippen LogP contribution in [0.4, 0.5) is 0 Å². The van der Waals surface area contributed by atoms with E-state index in [4.69, 9.17) is 23.7 Å². The summed E-state index contributed by atoms with van der Waals surface area (Å²) in [7, 11) is 1.56. The van der Waals surface area contributed by atoms with Gasteiger partial charge in [-0.15, -0.1) is 0 Å². The van der Waals surface area contributed by atoms with Gasteiger partial charge < -0.3 is 28.8 Å². The van der Waals surface area contributed by atoms with Gasteiger partial charge in [0, 0.05) is 17.6 Å². The van der Waals surface area contributed by atoms with Crippen molar-refractivity contribution in [2.75, 3.05) is 7.11 Å². The number of carbonyl (C=O) groups excluding carboxylic acids is 1. The highest BCUT2D eigenvalue weighted by atomic mass is 32.1. The van der Waals surface area contributed by atoms with Gasteiger partial charge in [0.15, 0.2) is 11.5 Å². The van der Waals surface area contributed by atoms with Crippen molar-refractivity contribution >= 4 is 34.3 Å². The van der Waals surface area contributed by atoms with Crippen LogP contribution in [0.25, 0.3) is 16.6 Å². The number of hydrogen-bond acceptors (Lipinski definition) is 10. The summed E-state index contributed by atoms with van der Waals surface area (Å²) in [6.07, 6.45) is -0.266. The fourth-order valence-corrected chi connectivity index (χ4v) is 5.52. The standard InChI is InChI=1S/C33H36N2O7S/c1-18(2)39-28-15-21(16-29(40-19(3)4)31(28)41-20(5)6)14-25-30(22-8-13-26-27(17-22)35-43-34-26)32(36)42-33(25,37)23-9-11-24(38-7)12-10-23/h8-13,15-20,37H,14H2,1-7H3. The molecule has 10 heteroatoms. The van der Waals surface area contributed by atoms with E-state index in [1.807, 2.05) is 53.7 Å². The van der Waals surface area contributed by atoms with Gasteiger partial charge in [-0.2, -0.15) is 8.75 Å². The number of benzene rings is 3. The van der Waals surface area contributed by atoms with Crippen LogP contribution in [0.3, 0.4) is 0 Å². The van der Waals surface area contributed by atoms with Crippen LogP contribution in [0.1, 0.15) is 58.2 Å². The monoisotopic (exact) mass is 604 g/mol. The molecular formula is C33H36N2O7S. The Morgan fingerprint density at radius 3 is 2.02 bits per heavy atom. The third kappa shape index (κ3) is 6.30. The lowest BCUT2D eigenvalue weighted by Crippen LogP contribution is -2.29. The molecule has 0 aliphatic carbocycles. The highest BCUT2D eigenvalue weighted by Gasteiger charge is 2.48. The van der Waals surface area contributed by atoms with E-state index in [-0.39, 0.29) is 30.3 Å². The Morgan fingerprint density at radius 1 is 0.837 bits per heavy atom. The van der Waals surface area contributed by atoms with Crippen molar-refractivity contribution in [1.29, 1.82) is 0 Å². The second-order valence-corrected chi connectivity index (χ2v) is 11.7. The highest BCUT2D eigenvalue weighted by Crippen LogP contribution is 2.47. The van der Waals surface area contributed by atoms with E-state index in [0.29, 0.717) is 45.2 Å². The number of fused-ring (bicyclic) bond motifs is 1. The third-order valence-electron chi connectivity index (χ3n) is 6.72. The average molecular weight is 605 g/mol. The second-order valence-electron chi connectivity index (χ2n) is 11.2. The molecule has 3 aromatic carbocycles. The first kappa shape index (κ1) is 30.3. The van der Waals surface area contributed by atoms with E-state index in [0.717, 1.165) is 22.8 Å². The topological polar surface area (TPSA) is 109 Å². The zero-order valence-electron chi connectivity index (χ0n) is 25.3. The molecule has 4 aromatic rings. The van der Waals surface area contributed by atoms with E-state index in [1.54, 1.807) is 49.6 Å². The minimum absolute atomic E-state index is 0.125. The molecule has 1 aliphatic rings. The molecule has 1 aromatic heterocycles. The van der Waals surface area contributed by atoms with Gasteiger partial charge in [0.1, 0.15) is 16.8 Å². The van der Waals surface area contributed by atoms with Crippen LogP contribution in [0.15, 0.2) is 60.2 Å². The Bertz CT molecular complexity index is 1630. The van der Waals surface area contributed by atoms with Gasteiger partial charge in [-0.25, -0.2) is 4.79 Å². The zero-order chi connectivity index (χ0) is 30.9. The SMILES string of the molecule is COc1ccc(C2(O)OC(=O)C(c3ccc4nsnc4c3)=C2Cc2cc(OC(C)C)c(OC(C)C)c(OC(C)C)c2)cc1. The van der Waals surface area contributed by atoms with Crippen LogP contribution >= 0.6 is 11.7 Å². The van der Waals surface area contributed by atoms with E-state index in [9.17, 15) is 9.90 Å². The lowest BCUT2D eigenvalue weighted by molar-refractivity contribution is -0.185. The summed E-state index contributed by atoms with van der Waals surface area (Å²) in [4.78, 5) is 13.6. The molecule has 0 bridgehead atoms. The number of esters is 1. The van der Waals surface area contributed by atoms with Crippen LogP contribution in [0, 0.1) is 0 Å². The molecule has 0 saturated carbocycles. The molecule has 1 aliphatic heterocycles. The minimum atomic E-state index is -2.04. The third-order valence-corrected chi connectivity index (χ3v) is 7.28. The number of nitrogens with zero attached hydrogens (tertiary/aromatic N) is 2. The van der Waals surface area contributed by atoms with E-state index in [1.165, 1.54) is 0 Å². The van der Waals surface area contributed by atoms with Gasteiger partial charge in [-0.3, -0.25) is 0 Å². The minimum Gasteiger partial charge on any atom is -0.497 e. The van der Waals surface area contributed by atoms with Gasteiger partial charge in [0.05, 0.1) is 42.7 Å². The molecule has 0 spiro atoms. The van der Waals surface area contributed by atoms with Crippen molar-refractivity contribution in [3.05, 3.63) is 76.9 Å². The normalized spacial score (nSPS) is 16.9. The number of cyclic esters (lactones) is 1. The first-order valence-corrected chi connectivity index (χ1v) is 14.9. The van der Waals surface area contributed by atoms with Crippen molar-refractivity contribution in [2.45, 2.75) is 72.1 Å². The van der Waals surface area contributed by atoms with Gasteiger partial charge >= 0.3 is 5.97 Å². The molecule has 0 fully saturated rings. The predicted octanol–water partition coefficient (Wildman–Crippen LogP) is 6.46. The summed E-state index contributed by atoms with van der Waals surface area (Å²) in [5, 5.41) is 12.2.